The first-order valence-electron chi connectivity index (χ1n) is 8.69. The fraction of sp³-hybridized carbons (Fsp3) is 0.429. The van der Waals surface area contributed by atoms with Crippen LogP contribution in [-0.2, 0) is 0 Å². The van der Waals surface area contributed by atoms with E-state index >= 15 is 0 Å². The zero-order chi connectivity index (χ0) is 18.6. The van der Waals surface area contributed by atoms with E-state index < -0.39 is 5.54 Å². The number of nitrogens with zero attached hydrogens (tertiary/aromatic N) is 1. The maximum Gasteiger partial charge on any atom is 0.253 e. The van der Waals surface area contributed by atoms with Gasteiger partial charge in [0.15, 0.2) is 0 Å². The van der Waals surface area contributed by atoms with Crippen molar-refractivity contribution in [2.24, 2.45) is 5.92 Å². The van der Waals surface area contributed by atoms with Crippen LogP contribution in [-0.4, -0.2) is 16.4 Å². The fourth-order valence-electron chi connectivity index (χ4n) is 3.13. The second kappa shape index (κ2) is 7.77. The molecule has 0 fully saturated rings. The minimum absolute atomic E-state index is 0.167. The lowest BCUT2D eigenvalue weighted by Gasteiger charge is -2.32. The predicted molar refractivity (Wildman–Crippen MR) is 101 cm³/mol. The predicted octanol–water partition coefficient (Wildman–Crippen LogP) is 5.42. The van der Waals surface area contributed by atoms with Gasteiger partial charge in [0.05, 0.1) is 11.1 Å². The van der Waals surface area contributed by atoms with E-state index in [1.807, 2.05) is 37.3 Å². The van der Waals surface area contributed by atoms with Crippen LogP contribution in [0, 0.1) is 5.92 Å². The molecule has 134 valence electrons. The Kier molecular flexibility index (Phi) is 5.93. The zero-order valence-corrected chi connectivity index (χ0v) is 15.7. The summed E-state index contributed by atoms with van der Waals surface area (Å²) in [5, 5.41) is 3.95. The number of nitrogens with one attached hydrogen (secondary N) is 1. The second-order valence-electron chi connectivity index (χ2n) is 7.61. The molecular formula is C21H27FN2O. The lowest BCUT2D eigenvalue weighted by molar-refractivity contribution is 0.0890. The summed E-state index contributed by atoms with van der Waals surface area (Å²) < 4.78 is 14.2. The first-order chi connectivity index (χ1) is 11.7. The summed E-state index contributed by atoms with van der Waals surface area (Å²) in [6.07, 6.45) is 2.46. The molecular weight excluding hydrogens is 315 g/mol. The van der Waals surface area contributed by atoms with Crippen LogP contribution in [0.1, 0.15) is 57.8 Å². The van der Waals surface area contributed by atoms with Gasteiger partial charge in [0.25, 0.3) is 5.91 Å². The van der Waals surface area contributed by atoms with Crippen molar-refractivity contribution in [3.63, 3.8) is 0 Å². The number of carbonyl (C=O) groups is 1. The summed E-state index contributed by atoms with van der Waals surface area (Å²) in [4.78, 5) is 17.1. The number of para-hydroxylation sites is 1. The lowest BCUT2D eigenvalue weighted by Crippen LogP contribution is -2.47. The molecule has 1 unspecified atom stereocenters. The summed E-state index contributed by atoms with van der Waals surface area (Å²) in [6, 6.07) is 9.49. The summed E-state index contributed by atoms with van der Waals surface area (Å²) in [6.45, 7) is 9.55. The monoisotopic (exact) mass is 342 g/mol. The number of amides is 1. The summed E-state index contributed by atoms with van der Waals surface area (Å²) in [7, 11) is 0. The van der Waals surface area contributed by atoms with Gasteiger partial charge in [0, 0.05) is 23.5 Å². The molecule has 0 radical (unpaired) electrons. The number of pyridine rings is 1. The van der Waals surface area contributed by atoms with Crippen LogP contribution in [0.25, 0.3) is 10.9 Å². The summed E-state index contributed by atoms with van der Waals surface area (Å²) >= 11 is 0. The molecule has 1 aromatic heterocycles. The Morgan fingerprint density at radius 1 is 1.28 bits per heavy atom. The van der Waals surface area contributed by atoms with E-state index in [-0.39, 0.29) is 18.2 Å². The largest absolute Gasteiger partial charge is 0.346 e. The maximum atomic E-state index is 14.2. The Morgan fingerprint density at radius 3 is 2.60 bits per heavy atom. The highest BCUT2D eigenvalue weighted by Crippen LogP contribution is 2.27. The third kappa shape index (κ3) is 5.12. The van der Waals surface area contributed by atoms with E-state index in [0.29, 0.717) is 23.5 Å². The van der Waals surface area contributed by atoms with Gasteiger partial charge < -0.3 is 5.32 Å². The SMILES string of the molecule is CC(C)=C(F)CC(C)(CC(C)C)NC(=O)c1cnc2ccccc2c1. The van der Waals surface area contributed by atoms with Crippen LogP contribution in [0.3, 0.4) is 0 Å². The van der Waals surface area contributed by atoms with Crippen LogP contribution < -0.4 is 5.32 Å². The van der Waals surface area contributed by atoms with Gasteiger partial charge in [-0.2, -0.15) is 0 Å². The van der Waals surface area contributed by atoms with Crippen LogP contribution in [0.4, 0.5) is 4.39 Å². The lowest BCUT2D eigenvalue weighted by atomic mass is 9.86. The van der Waals surface area contributed by atoms with E-state index in [1.54, 1.807) is 20.0 Å². The number of hydrogen-bond donors (Lipinski definition) is 1. The Bertz CT molecular complexity index is 793. The van der Waals surface area contributed by atoms with Crippen LogP contribution in [0.5, 0.6) is 0 Å². The molecule has 1 amide bonds. The third-order valence-corrected chi connectivity index (χ3v) is 4.21. The first-order valence-corrected chi connectivity index (χ1v) is 8.69. The standard InChI is InChI=1S/C21H27FN2O/c1-14(2)11-21(5,12-18(22)15(3)4)24-20(25)17-10-16-8-6-7-9-19(16)23-13-17/h6-10,13-14H,11-12H2,1-5H3,(H,24,25). The number of benzene rings is 1. The van der Waals surface area contributed by atoms with Crippen LogP contribution >= 0.6 is 0 Å². The van der Waals surface area contributed by atoms with E-state index in [9.17, 15) is 9.18 Å². The molecule has 0 bridgehead atoms. The van der Waals surface area contributed by atoms with Gasteiger partial charge >= 0.3 is 0 Å². The van der Waals surface area contributed by atoms with Gasteiger partial charge in [0.2, 0.25) is 0 Å². The van der Waals surface area contributed by atoms with Gasteiger partial charge in [-0.3, -0.25) is 9.78 Å². The van der Waals surface area contributed by atoms with Gasteiger partial charge in [-0.05, 0) is 50.8 Å². The number of carbonyl (C=O) groups excluding carboxylic acids is 1. The molecule has 0 spiro atoms. The minimum atomic E-state index is -0.641. The molecule has 0 saturated heterocycles. The summed E-state index contributed by atoms with van der Waals surface area (Å²) in [5.74, 6) is -0.0481. The molecule has 25 heavy (non-hydrogen) atoms. The van der Waals surface area contributed by atoms with Gasteiger partial charge in [-0.25, -0.2) is 4.39 Å². The van der Waals surface area contributed by atoms with E-state index in [1.165, 1.54) is 0 Å². The van der Waals surface area contributed by atoms with Crippen molar-refractivity contribution in [2.45, 2.75) is 53.0 Å². The third-order valence-electron chi connectivity index (χ3n) is 4.21. The molecule has 2 aromatic rings. The number of halogens is 1. The Morgan fingerprint density at radius 2 is 1.96 bits per heavy atom. The Balaban J connectivity index is 2.26. The van der Waals surface area contributed by atoms with Crippen molar-refractivity contribution in [3.8, 4) is 0 Å². The molecule has 1 heterocycles. The normalized spacial score (nSPS) is 13.6. The Labute approximate surface area is 149 Å². The molecule has 0 saturated carbocycles. The summed E-state index contributed by atoms with van der Waals surface area (Å²) in [5.41, 5.74) is 1.35. The van der Waals surface area contributed by atoms with E-state index in [0.717, 1.165) is 10.9 Å². The average Bonchev–Trinajstić information content (AvgIpc) is 2.53. The molecule has 4 heteroatoms. The van der Waals surface area contributed by atoms with Crippen molar-refractivity contribution in [1.82, 2.24) is 10.3 Å². The topological polar surface area (TPSA) is 42.0 Å². The number of hydrogen-bond acceptors (Lipinski definition) is 2. The number of fused-ring (bicyclic) bond motifs is 1. The van der Waals surface area contributed by atoms with Gasteiger partial charge in [-0.1, -0.05) is 32.0 Å². The van der Waals surface area contributed by atoms with Gasteiger partial charge in [-0.15, -0.1) is 0 Å². The van der Waals surface area contributed by atoms with Crippen molar-refractivity contribution < 1.29 is 9.18 Å². The average molecular weight is 342 g/mol. The molecule has 3 nitrogen and oxygen atoms in total. The van der Waals surface area contributed by atoms with Crippen LogP contribution in [0.15, 0.2) is 47.9 Å². The van der Waals surface area contributed by atoms with Crippen LogP contribution in [0.2, 0.25) is 0 Å². The minimum Gasteiger partial charge on any atom is -0.346 e. The number of rotatable bonds is 6. The van der Waals surface area contributed by atoms with Crippen molar-refractivity contribution in [2.75, 3.05) is 0 Å². The first kappa shape index (κ1) is 19.1. The second-order valence-corrected chi connectivity index (χ2v) is 7.61. The molecule has 0 aliphatic rings. The molecule has 1 aromatic carbocycles. The van der Waals surface area contributed by atoms with Gasteiger partial charge in [0.1, 0.15) is 5.83 Å². The quantitative estimate of drug-likeness (QED) is 0.761. The molecule has 1 atom stereocenters. The molecule has 1 N–H and O–H groups in total. The molecule has 2 rings (SSSR count). The van der Waals surface area contributed by atoms with Crippen molar-refractivity contribution in [3.05, 3.63) is 53.5 Å². The highest BCUT2D eigenvalue weighted by Gasteiger charge is 2.30. The fourth-order valence-corrected chi connectivity index (χ4v) is 3.13. The van der Waals surface area contributed by atoms with Crippen molar-refractivity contribution >= 4 is 16.8 Å². The highest BCUT2D eigenvalue weighted by atomic mass is 19.1. The highest BCUT2D eigenvalue weighted by molar-refractivity contribution is 5.97. The van der Waals surface area contributed by atoms with E-state index in [2.05, 4.69) is 24.1 Å². The number of allylic oxidation sites excluding steroid dienone is 1. The zero-order valence-electron chi connectivity index (χ0n) is 15.7. The molecule has 0 aliphatic carbocycles. The Hall–Kier alpha value is -2.23. The maximum absolute atomic E-state index is 14.2. The van der Waals surface area contributed by atoms with Crippen molar-refractivity contribution in [1.29, 1.82) is 0 Å². The molecule has 0 aliphatic heterocycles. The van der Waals surface area contributed by atoms with E-state index in [4.69, 9.17) is 0 Å². The smallest absolute Gasteiger partial charge is 0.253 e. The number of aromatic nitrogens is 1.